The van der Waals surface area contributed by atoms with Crippen LogP contribution in [0, 0.1) is 0 Å². The first kappa shape index (κ1) is 16.3. The molecule has 7 heteroatoms. The lowest BCUT2D eigenvalue weighted by Gasteiger charge is -2.14. The summed E-state index contributed by atoms with van der Waals surface area (Å²) in [4.78, 5) is 11.9. The third-order valence-electron chi connectivity index (χ3n) is 3.24. The largest absolute Gasteiger partial charge is 0.593 e. The maximum atomic E-state index is 11.9. The van der Waals surface area contributed by atoms with Crippen molar-refractivity contribution in [3.8, 4) is 16.9 Å². The molecule has 2 rings (SSSR count). The Hall–Kier alpha value is -2.12. The molecule has 0 aliphatic carbocycles. The van der Waals surface area contributed by atoms with Gasteiger partial charge in [-0.15, -0.1) is 0 Å². The summed E-state index contributed by atoms with van der Waals surface area (Å²) in [7, 11) is 4.97. The summed E-state index contributed by atoms with van der Waals surface area (Å²) in [6, 6.07) is 7.33. The van der Waals surface area contributed by atoms with Crippen LogP contribution in [0.4, 0.5) is 11.4 Å². The van der Waals surface area contributed by atoms with E-state index in [1.54, 1.807) is 45.8 Å². The molecule has 0 saturated heterocycles. The zero-order valence-electron chi connectivity index (χ0n) is 13.0. The molecule has 0 aliphatic rings. The molecule has 2 aromatic rings. The van der Waals surface area contributed by atoms with Gasteiger partial charge in [0.05, 0.1) is 18.5 Å². The number of benzene rings is 1. The summed E-state index contributed by atoms with van der Waals surface area (Å²) in [5.74, 6) is 0.609. The highest BCUT2D eigenvalue weighted by Gasteiger charge is 2.11. The zero-order valence-corrected chi connectivity index (χ0v) is 13.8. The minimum absolute atomic E-state index is 0.0900. The van der Waals surface area contributed by atoms with Crippen molar-refractivity contribution in [3.63, 3.8) is 0 Å². The predicted molar refractivity (Wildman–Crippen MR) is 90.9 cm³/mol. The van der Waals surface area contributed by atoms with Gasteiger partial charge in [-0.05, 0) is 23.8 Å². The molecule has 1 atom stereocenters. The lowest BCUT2D eigenvalue weighted by molar-refractivity contribution is 0.417. The van der Waals surface area contributed by atoms with Crippen molar-refractivity contribution >= 4 is 22.7 Å². The second-order valence-corrected chi connectivity index (χ2v) is 5.89. The SMILES string of the molecule is CNc1cc(-c2ccc(OC)c(N[S+](C)[O-])c2)cn(C)c1=O. The normalized spacial score (nSPS) is 11.9. The van der Waals surface area contributed by atoms with Crippen molar-refractivity contribution in [1.82, 2.24) is 4.57 Å². The summed E-state index contributed by atoms with van der Waals surface area (Å²) >= 11 is -1.20. The predicted octanol–water partition coefficient (Wildman–Crippen LogP) is 1.81. The van der Waals surface area contributed by atoms with E-state index in [1.807, 2.05) is 12.1 Å². The Morgan fingerprint density at radius 1 is 1.23 bits per heavy atom. The van der Waals surface area contributed by atoms with Gasteiger partial charge in [0.25, 0.3) is 5.56 Å². The highest BCUT2D eigenvalue weighted by atomic mass is 32.2. The van der Waals surface area contributed by atoms with Crippen molar-refractivity contribution in [2.24, 2.45) is 7.05 Å². The Morgan fingerprint density at radius 3 is 2.50 bits per heavy atom. The van der Waals surface area contributed by atoms with Crippen LogP contribution in [0.15, 0.2) is 35.3 Å². The number of methoxy groups -OCH3 is 1. The van der Waals surface area contributed by atoms with Gasteiger partial charge >= 0.3 is 0 Å². The lowest BCUT2D eigenvalue weighted by atomic mass is 10.1. The van der Waals surface area contributed by atoms with Crippen molar-refractivity contribution in [2.75, 3.05) is 30.5 Å². The van der Waals surface area contributed by atoms with Gasteiger partial charge in [0, 0.05) is 25.9 Å². The smallest absolute Gasteiger partial charge is 0.273 e. The number of aryl methyl sites for hydroxylation is 1. The molecule has 0 radical (unpaired) electrons. The average Bonchev–Trinajstić information content (AvgIpc) is 2.49. The molecule has 0 spiro atoms. The molecule has 1 unspecified atom stereocenters. The molecule has 1 heterocycles. The minimum atomic E-state index is -1.20. The number of ether oxygens (including phenoxy) is 1. The Kier molecular flexibility index (Phi) is 4.99. The van der Waals surface area contributed by atoms with E-state index >= 15 is 0 Å². The fourth-order valence-corrected chi connectivity index (χ4v) is 2.64. The van der Waals surface area contributed by atoms with Crippen molar-refractivity contribution < 1.29 is 9.29 Å². The van der Waals surface area contributed by atoms with Crippen LogP contribution >= 0.6 is 0 Å². The van der Waals surface area contributed by atoms with Crippen molar-refractivity contribution in [2.45, 2.75) is 0 Å². The number of hydrogen-bond donors (Lipinski definition) is 2. The monoisotopic (exact) mass is 321 g/mol. The highest BCUT2D eigenvalue weighted by molar-refractivity contribution is 7.92. The van der Waals surface area contributed by atoms with Crippen molar-refractivity contribution in [3.05, 3.63) is 40.8 Å². The second kappa shape index (κ2) is 6.76. The summed E-state index contributed by atoms with van der Waals surface area (Å²) in [6.45, 7) is 0. The topological polar surface area (TPSA) is 78.3 Å². The second-order valence-electron chi connectivity index (χ2n) is 4.78. The summed E-state index contributed by atoms with van der Waals surface area (Å²) in [5.41, 5.74) is 2.83. The molecule has 2 N–H and O–H groups in total. The average molecular weight is 321 g/mol. The number of nitrogens with one attached hydrogen (secondary N) is 2. The van der Waals surface area contributed by atoms with Gasteiger partial charge in [-0.2, -0.15) is 0 Å². The molecule has 1 aromatic carbocycles. The number of anilines is 2. The van der Waals surface area contributed by atoms with Gasteiger partial charge in [-0.25, -0.2) is 4.72 Å². The minimum Gasteiger partial charge on any atom is -0.593 e. The molecule has 0 aliphatic heterocycles. The molecule has 0 saturated carbocycles. The number of rotatable bonds is 5. The molecule has 1 aromatic heterocycles. The Morgan fingerprint density at radius 2 is 1.91 bits per heavy atom. The number of pyridine rings is 1. The fourth-order valence-electron chi connectivity index (χ4n) is 2.17. The molecule has 22 heavy (non-hydrogen) atoms. The quantitative estimate of drug-likeness (QED) is 0.821. The van der Waals surface area contributed by atoms with E-state index < -0.39 is 11.4 Å². The Balaban J connectivity index is 2.53. The molecule has 0 amide bonds. The van der Waals surface area contributed by atoms with E-state index in [-0.39, 0.29) is 5.56 Å². The van der Waals surface area contributed by atoms with Crippen LogP contribution in [0.5, 0.6) is 5.75 Å². The maximum Gasteiger partial charge on any atom is 0.273 e. The van der Waals surface area contributed by atoms with Crippen LogP contribution in [0.1, 0.15) is 0 Å². The highest BCUT2D eigenvalue weighted by Crippen LogP contribution is 2.31. The molecule has 118 valence electrons. The molecule has 0 fully saturated rings. The Bertz CT molecular complexity index is 728. The van der Waals surface area contributed by atoms with E-state index in [2.05, 4.69) is 10.0 Å². The van der Waals surface area contributed by atoms with Crippen LogP contribution in [0.2, 0.25) is 0 Å². The van der Waals surface area contributed by atoms with Crippen LogP contribution in [-0.2, 0) is 18.4 Å². The van der Waals surface area contributed by atoms with Gasteiger partial charge in [0.1, 0.15) is 23.4 Å². The van der Waals surface area contributed by atoms with E-state index in [4.69, 9.17) is 4.74 Å². The van der Waals surface area contributed by atoms with Crippen LogP contribution < -0.4 is 20.3 Å². The first-order valence-electron chi connectivity index (χ1n) is 6.63. The first-order chi connectivity index (χ1) is 10.5. The van der Waals surface area contributed by atoms with Gasteiger partial charge in [0.15, 0.2) is 0 Å². The maximum absolute atomic E-state index is 11.9. The van der Waals surface area contributed by atoms with E-state index in [1.165, 1.54) is 4.57 Å². The summed E-state index contributed by atoms with van der Waals surface area (Å²) in [6.07, 6.45) is 3.31. The number of aromatic nitrogens is 1. The Labute approximate surface area is 132 Å². The number of nitrogens with zero attached hydrogens (tertiary/aromatic N) is 1. The van der Waals surface area contributed by atoms with E-state index in [0.717, 1.165) is 11.1 Å². The lowest BCUT2D eigenvalue weighted by Crippen LogP contribution is -2.19. The standard InChI is InChI=1S/C15H19N3O3S/c1-16-13-8-11(9-18(2)15(13)19)10-5-6-14(21-3)12(7-10)17-22(4)20/h5-9,16-17H,1-4H3. The molecular weight excluding hydrogens is 302 g/mol. The van der Waals surface area contributed by atoms with E-state index in [9.17, 15) is 9.35 Å². The third-order valence-corrected chi connectivity index (χ3v) is 3.75. The summed E-state index contributed by atoms with van der Waals surface area (Å²) in [5, 5.41) is 2.89. The van der Waals surface area contributed by atoms with Gasteiger partial charge in [0.2, 0.25) is 0 Å². The number of hydrogen-bond acceptors (Lipinski definition) is 5. The molecule has 6 nitrogen and oxygen atoms in total. The third kappa shape index (κ3) is 3.37. The molecular formula is C15H19N3O3S. The zero-order chi connectivity index (χ0) is 16.3. The van der Waals surface area contributed by atoms with Crippen molar-refractivity contribution in [1.29, 1.82) is 0 Å². The van der Waals surface area contributed by atoms with E-state index in [0.29, 0.717) is 17.1 Å². The molecule has 0 bridgehead atoms. The van der Waals surface area contributed by atoms with Gasteiger partial charge < -0.3 is 19.2 Å². The fraction of sp³-hybridized carbons (Fsp3) is 0.267. The van der Waals surface area contributed by atoms with Crippen LogP contribution in [-0.4, -0.2) is 29.5 Å². The first-order valence-corrected chi connectivity index (χ1v) is 8.19. The summed E-state index contributed by atoms with van der Waals surface area (Å²) < 4.78 is 21.1. The van der Waals surface area contributed by atoms with Gasteiger partial charge in [-0.1, -0.05) is 6.07 Å². The van der Waals surface area contributed by atoms with Gasteiger partial charge in [-0.3, -0.25) is 4.79 Å². The van der Waals surface area contributed by atoms with Crippen LogP contribution in [0.3, 0.4) is 0 Å². The van der Waals surface area contributed by atoms with Crippen LogP contribution in [0.25, 0.3) is 11.1 Å².